The second-order valence-electron chi connectivity index (χ2n) is 4.58. The zero-order valence-corrected chi connectivity index (χ0v) is 12.1. The van der Waals surface area contributed by atoms with E-state index >= 15 is 0 Å². The van der Waals surface area contributed by atoms with E-state index in [1.807, 2.05) is 43.9 Å². The van der Waals surface area contributed by atoms with Crippen molar-refractivity contribution in [1.29, 1.82) is 0 Å². The van der Waals surface area contributed by atoms with E-state index in [0.717, 1.165) is 17.9 Å². The summed E-state index contributed by atoms with van der Waals surface area (Å²) < 4.78 is 0. The van der Waals surface area contributed by atoms with Gasteiger partial charge in [-0.1, -0.05) is 0 Å². The second kappa shape index (κ2) is 5.40. The Labute approximate surface area is 112 Å². The molecule has 0 aliphatic heterocycles. The molecule has 3 nitrogen and oxygen atoms in total. The Morgan fingerprint density at radius 3 is 2.72 bits per heavy atom. The van der Waals surface area contributed by atoms with Gasteiger partial charge >= 0.3 is 0 Å². The molecule has 4 heteroatoms. The smallest absolute Gasteiger partial charge is 0.0766 e. The standard InChI is InChI=1S/C14H19N3S/c1-10-7-12(11(2)18-10)8-16-13-9-15-6-5-14(13)17(3)4/h5-7,9,16H,8H2,1-4H3. The van der Waals surface area contributed by atoms with Gasteiger partial charge in [0.05, 0.1) is 17.6 Å². The quantitative estimate of drug-likeness (QED) is 0.914. The van der Waals surface area contributed by atoms with Crippen LogP contribution in [0.25, 0.3) is 0 Å². The van der Waals surface area contributed by atoms with Gasteiger partial charge in [0.25, 0.3) is 0 Å². The highest BCUT2D eigenvalue weighted by molar-refractivity contribution is 7.12. The molecular weight excluding hydrogens is 242 g/mol. The summed E-state index contributed by atoms with van der Waals surface area (Å²) in [5, 5.41) is 3.47. The first-order valence-electron chi connectivity index (χ1n) is 5.99. The van der Waals surface area contributed by atoms with Crippen molar-refractivity contribution in [2.45, 2.75) is 20.4 Å². The number of nitrogens with one attached hydrogen (secondary N) is 1. The second-order valence-corrected chi connectivity index (χ2v) is 6.04. The number of pyridine rings is 1. The topological polar surface area (TPSA) is 28.2 Å². The largest absolute Gasteiger partial charge is 0.378 e. The van der Waals surface area contributed by atoms with Gasteiger partial charge in [-0.25, -0.2) is 0 Å². The maximum absolute atomic E-state index is 4.18. The van der Waals surface area contributed by atoms with Gasteiger partial charge in [0.2, 0.25) is 0 Å². The van der Waals surface area contributed by atoms with E-state index < -0.39 is 0 Å². The molecule has 2 rings (SSSR count). The lowest BCUT2D eigenvalue weighted by Gasteiger charge is -2.17. The van der Waals surface area contributed by atoms with Crippen LogP contribution in [0.15, 0.2) is 24.5 Å². The average molecular weight is 261 g/mol. The summed E-state index contributed by atoms with van der Waals surface area (Å²) in [5.41, 5.74) is 3.60. The SMILES string of the molecule is Cc1cc(CNc2cnccc2N(C)C)c(C)s1. The fourth-order valence-electron chi connectivity index (χ4n) is 1.96. The molecule has 0 bridgehead atoms. The van der Waals surface area contributed by atoms with Crippen LogP contribution in [0.4, 0.5) is 11.4 Å². The summed E-state index contributed by atoms with van der Waals surface area (Å²) in [4.78, 5) is 9.02. The van der Waals surface area contributed by atoms with Crippen molar-refractivity contribution < 1.29 is 0 Å². The van der Waals surface area contributed by atoms with Crippen LogP contribution in [0.1, 0.15) is 15.3 Å². The number of rotatable bonds is 4. The molecule has 18 heavy (non-hydrogen) atoms. The third-order valence-corrected chi connectivity index (χ3v) is 3.90. The highest BCUT2D eigenvalue weighted by atomic mass is 32.1. The van der Waals surface area contributed by atoms with Gasteiger partial charge in [-0.3, -0.25) is 4.98 Å². The predicted octanol–water partition coefficient (Wildman–Crippen LogP) is 3.44. The monoisotopic (exact) mass is 261 g/mol. The zero-order chi connectivity index (χ0) is 13.1. The van der Waals surface area contributed by atoms with Gasteiger partial charge in [0, 0.05) is 36.6 Å². The number of anilines is 2. The van der Waals surface area contributed by atoms with Crippen LogP contribution in [0.2, 0.25) is 0 Å². The van der Waals surface area contributed by atoms with Crippen molar-refractivity contribution in [3.05, 3.63) is 39.8 Å². The minimum atomic E-state index is 0.850. The van der Waals surface area contributed by atoms with Gasteiger partial charge in [0.15, 0.2) is 0 Å². The van der Waals surface area contributed by atoms with Crippen LogP contribution in [0.5, 0.6) is 0 Å². The van der Waals surface area contributed by atoms with E-state index in [9.17, 15) is 0 Å². The summed E-state index contributed by atoms with van der Waals surface area (Å²) in [5.74, 6) is 0. The Balaban J connectivity index is 2.13. The Hall–Kier alpha value is -1.55. The molecule has 2 aromatic heterocycles. The third kappa shape index (κ3) is 2.82. The Morgan fingerprint density at radius 2 is 2.11 bits per heavy atom. The lowest BCUT2D eigenvalue weighted by molar-refractivity contribution is 1.08. The molecule has 0 unspecified atom stereocenters. The molecule has 0 fully saturated rings. The first kappa shape index (κ1) is 12.9. The lowest BCUT2D eigenvalue weighted by Crippen LogP contribution is -2.12. The van der Waals surface area contributed by atoms with Crippen molar-refractivity contribution in [3.8, 4) is 0 Å². The van der Waals surface area contributed by atoms with Crippen LogP contribution in [0.3, 0.4) is 0 Å². The number of hydrogen-bond acceptors (Lipinski definition) is 4. The minimum absolute atomic E-state index is 0.850. The molecule has 0 aliphatic rings. The van der Waals surface area contributed by atoms with Crippen LogP contribution in [0, 0.1) is 13.8 Å². The van der Waals surface area contributed by atoms with Gasteiger partial charge in [-0.05, 0) is 31.5 Å². The summed E-state index contributed by atoms with van der Waals surface area (Å²) in [6.07, 6.45) is 3.70. The third-order valence-electron chi connectivity index (χ3n) is 2.89. The normalized spacial score (nSPS) is 10.4. The number of nitrogens with zero attached hydrogens (tertiary/aromatic N) is 2. The summed E-state index contributed by atoms with van der Waals surface area (Å²) in [6, 6.07) is 4.27. The van der Waals surface area contributed by atoms with E-state index in [1.54, 1.807) is 0 Å². The molecule has 2 aromatic rings. The minimum Gasteiger partial charge on any atom is -0.378 e. The van der Waals surface area contributed by atoms with E-state index in [0.29, 0.717) is 0 Å². The van der Waals surface area contributed by atoms with Crippen molar-refractivity contribution >= 4 is 22.7 Å². The van der Waals surface area contributed by atoms with E-state index in [1.165, 1.54) is 15.3 Å². The molecule has 96 valence electrons. The van der Waals surface area contributed by atoms with Crippen molar-refractivity contribution in [2.24, 2.45) is 0 Å². The Bertz CT molecular complexity index is 532. The van der Waals surface area contributed by atoms with Crippen LogP contribution < -0.4 is 10.2 Å². The van der Waals surface area contributed by atoms with Crippen molar-refractivity contribution in [2.75, 3.05) is 24.3 Å². The molecule has 0 atom stereocenters. The molecule has 0 amide bonds. The van der Waals surface area contributed by atoms with E-state index in [-0.39, 0.29) is 0 Å². The fourth-order valence-corrected chi connectivity index (χ4v) is 2.91. The fraction of sp³-hybridized carbons (Fsp3) is 0.357. The van der Waals surface area contributed by atoms with Gasteiger partial charge in [-0.15, -0.1) is 11.3 Å². The van der Waals surface area contributed by atoms with Crippen molar-refractivity contribution in [1.82, 2.24) is 4.98 Å². The number of hydrogen-bond donors (Lipinski definition) is 1. The maximum Gasteiger partial charge on any atom is 0.0766 e. The number of aryl methyl sites for hydroxylation is 2. The summed E-state index contributed by atoms with van der Waals surface area (Å²) >= 11 is 1.85. The zero-order valence-electron chi connectivity index (χ0n) is 11.3. The van der Waals surface area contributed by atoms with E-state index in [2.05, 4.69) is 35.1 Å². The maximum atomic E-state index is 4.18. The molecule has 2 heterocycles. The molecule has 0 saturated carbocycles. The first-order chi connectivity index (χ1) is 8.58. The molecule has 0 aromatic carbocycles. The molecule has 0 saturated heterocycles. The van der Waals surface area contributed by atoms with Crippen LogP contribution >= 0.6 is 11.3 Å². The summed E-state index contributed by atoms with van der Waals surface area (Å²) in [6.45, 7) is 5.17. The Morgan fingerprint density at radius 1 is 1.33 bits per heavy atom. The summed E-state index contributed by atoms with van der Waals surface area (Å²) in [7, 11) is 4.08. The van der Waals surface area contributed by atoms with Crippen molar-refractivity contribution in [3.63, 3.8) is 0 Å². The Kier molecular flexibility index (Phi) is 3.87. The van der Waals surface area contributed by atoms with Crippen LogP contribution in [-0.4, -0.2) is 19.1 Å². The highest BCUT2D eigenvalue weighted by Crippen LogP contribution is 2.25. The average Bonchev–Trinajstić information content (AvgIpc) is 2.65. The molecule has 0 radical (unpaired) electrons. The number of aromatic nitrogens is 1. The molecule has 1 N–H and O–H groups in total. The van der Waals surface area contributed by atoms with Gasteiger partial charge in [-0.2, -0.15) is 0 Å². The van der Waals surface area contributed by atoms with E-state index in [4.69, 9.17) is 0 Å². The number of thiophene rings is 1. The predicted molar refractivity (Wildman–Crippen MR) is 79.7 cm³/mol. The van der Waals surface area contributed by atoms with Gasteiger partial charge in [0.1, 0.15) is 0 Å². The molecular formula is C14H19N3S. The van der Waals surface area contributed by atoms with Gasteiger partial charge < -0.3 is 10.2 Å². The molecule has 0 aliphatic carbocycles. The highest BCUT2D eigenvalue weighted by Gasteiger charge is 2.06. The van der Waals surface area contributed by atoms with Crippen LogP contribution in [-0.2, 0) is 6.54 Å². The lowest BCUT2D eigenvalue weighted by atomic mass is 10.2. The molecule has 0 spiro atoms. The first-order valence-corrected chi connectivity index (χ1v) is 6.80.